The highest BCUT2D eigenvalue weighted by molar-refractivity contribution is 7.11. The molecular weight excluding hydrogens is 277 g/mol. The van der Waals surface area contributed by atoms with Gasteiger partial charge < -0.3 is 10.1 Å². The summed E-state index contributed by atoms with van der Waals surface area (Å²) in [5.41, 5.74) is -1.53. The molecule has 1 N–H and O–H groups in total. The molecule has 1 heterocycles. The molecule has 1 aromatic rings. The SMILES string of the molecule is CCC(CC)(OC)c1nc(C(F)(F)F)c(CNC)s1. The van der Waals surface area contributed by atoms with Crippen molar-refractivity contribution in [2.75, 3.05) is 14.2 Å². The van der Waals surface area contributed by atoms with Gasteiger partial charge >= 0.3 is 6.18 Å². The number of thiazole rings is 1. The van der Waals surface area contributed by atoms with Crippen molar-refractivity contribution in [3.63, 3.8) is 0 Å². The van der Waals surface area contributed by atoms with Crippen LogP contribution in [0.1, 0.15) is 42.3 Å². The largest absolute Gasteiger partial charge is 0.434 e. The standard InChI is InChI=1S/C12H19F3N2OS/c1-5-11(6-2,18-4)10-17-9(12(13,14)15)8(19-10)7-16-3/h16H,5-7H2,1-4H3. The van der Waals surface area contributed by atoms with E-state index in [1.54, 1.807) is 7.05 Å². The summed E-state index contributed by atoms with van der Waals surface area (Å²) in [7, 11) is 3.13. The van der Waals surface area contributed by atoms with Crippen LogP contribution in [-0.4, -0.2) is 19.1 Å². The Morgan fingerprint density at radius 3 is 2.21 bits per heavy atom. The number of hydrogen-bond acceptors (Lipinski definition) is 4. The maximum atomic E-state index is 13.0. The molecule has 0 saturated heterocycles. The molecular formula is C12H19F3N2OS. The lowest BCUT2D eigenvalue weighted by molar-refractivity contribution is -0.141. The average Bonchev–Trinajstić information content (AvgIpc) is 2.77. The lowest BCUT2D eigenvalue weighted by Gasteiger charge is -2.27. The summed E-state index contributed by atoms with van der Waals surface area (Å²) < 4.78 is 44.3. The van der Waals surface area contributed by atoms with Crippen LogP contribution in [-0.2, 0) is 23.1 Å². The van der Waals surface area contributed by atoms with Crippen molar-refractivity contribution in [2.45, 2.75) is 45.0 Å². The zero-order valence-corrected chi connectivity index (χ0v) is 12.3. The summed E-state index contributed by atoms with van der Waals surface area (Å²) in [5.74, 6) is 0. The Hall–Kier alpha value is -0.660. The Labute approximate surface area is 115 Å². The Morgan fingerprint density at radius 2 is 1.84 bits per heavy atom. The van der Waals surface area contributed by atoms with Gasteiger partial charge in [0, 0.05) is 13.7 Å². The van der Waals surface area contributed by atoms with Gasteiger partial charge in [0.15, 0.2) is 5.69 Å². The first kappa shape index (κ1) is 16.4. The molecule has 1 aromatic heterocycles. The quantitative estimate of drug-likeness (QED) is 0.872. The molecule has 3 nitrogen and oxygen atoms in total. The molecule has 0 aliphatic heterocycles. The molecule has 1 rings (SSSR count). The van der Waals surface area contributed by atoms with E-state index in [4.69, 9.17) is 4.74 Å². The van der Waals surface area contributed by atoms with Gasteiger partial charge in [0.2, 0.25) is 0 Å². The summed E-state index contributed by atoms with van der Waals surface area (Å²) in [4.78, 5) is 4.02. The summed E-state index contributed by atoms with van der Waals surface area (Å²) in [5, 5.41) is 3.15. The molecule has 7 heteroatoms. The van der Waals surface area contributed by atoms with Gasteiger partial charge in [0.25, 0.3) is 0 Å². The molecule has 110 valence electrons. The van der Waals surface area contributed by atoms with Gasteiger partial charge in [-0.05, 0) is 19.9 Å². The van der Waals surface area contributed by atoms with Gasteiger partial charge in [0.05, 0.1) is 4.88 Å². The van der Waals surface area contributed by atoms with Crippen molar-refractivity contribution in [1.29, 1.82) is 0 Å². The number of halogens is 3. The van der Waals surface area contributed by atoms with Crippen LogP contribution in [0.25, 0.3) is 0 Å². The monoisotopic (exact) mass is 296 g/mol. The van der Waals surface area contributed by atoms with Gasteiger partial charge in [0.1, 0.15) is 10.6 Å². The van der Waals surface area contributed by atoms with E-state index < -0.39 is 17.5 Å². The topological polar surface area (TPSA) is 34.1 Å². The van der Waals surface area contributed by atoms with Crippen molar-refractivity contribution in [2.24, 2.45) is 0 Å². The summed E-state index contributed by atoms with van der Waals surface area (Å²) in [6.07, 6.45) is -3.25. The third-order valence-corrected chi connectivity index (χ3v) is 4.47. The average molecular weight is 296 g/mol. The number of nitrogens with one attached hydrogen (secondary N) is 1. The molecule has 0 aliphatic rings. The number of methoxy groups -OCH3 is 1. The molecule has 0 spiro atoms. The van der Waals surface area contributed by atoms with Crippen LogP contribution >= 0.6 is 11.3 Å². The van der Waals surface area contributed by atoms with Gasteiger partial charge in [-0.1, -0.05) is 13.8 Å². The van der Waals surface area contributed by atoms with Gasteiger partial charge in [-0.3, -0.25) is 0 Å². The van der Waals surface area contributed by atoms with Crippen molar-refractivity contribution in [3.05, 3.63) is 15.6 Å². The van der Waals surface area contributed by atoms with E-state index in [1.165, 1.54) is 7.11 Å². The number of alkyl halides is 3. The van der Waals surface area contributed by atoms with E-state index in [1.807, 2.05) is 13.8 Å². The van der Waals surface area contributed by atoms with Crippen molar-refractivity contribution in [3.8, 4) is 0 Å². The van der Waals surface area contributed by atoms with Crippen LogP contribution in [0.4, 0.5) is 13.2 Å². The van der Waals surface area contributed by atoms with E-state index in [9.17, 15) is 13.2 Å². The summed E-state index contributed by atoms with van der Waals surface area (Å²) >= 11 is 1.07. The van der Waals surface area contributed by atoms with Gasteiger partial charge in [-0.25, -0.2) is 4.98 Å². The predicted molar refractivity (Wildman–Crippen MR) is 69.1 cm³/mol. The molecule has 0 fully saturated rings. The smallest absolute Gasteiger partial charge is 0.371 e. The Kier molecular flexibility index (Phi) is 5.34. The second kappa shape index (κ2) is 6.19. The third kappa shape index (κ3) is 3.27. The van der Waals surface area contributed by atoms with Crippen LogP contribution < -0.4 is 5.32 Å². The molecule has 0 amide bonds. The van der Waals surface area contributed by atoms with Crippen molar-refractivity contribution in [1.82, 2.24) is 10.3 Å². The molecule has 0 aromatic carbocycles. The Morgan fingerprint density at radius 1 is 1.26 bits per heavy atom. The van der Waals surface area contributed by atoms with Crippen molar-refractivity contribution < 1.29 is 17.9 Å². The predicted octanol–water partition coefficient (Wildman–Crippen LogP) is 3.54. The summed E-state index contributed by atoms with van der Waals surface area (Å²) in [6, 6.07) is 0. The molecule has 0 saturated carbocycles. The van der Waals surface area contributed by atoms with Crippen molar-refractivity contribution >= 4 is 11.3 Å². The minimum atomic E-state index is -4.43. The van der Waals surface area contributed by atoms with E-state index in [2.05, 4.69) is 10.3 Å². The number of aromatic nitrogens is 1. The molecule has 19 heavy (non-hydrogen) atoms. The minimum absolute atomic E-state index is 0.153. The normalized spacial score (nSPS) is 13.0. The number of ether oxygens (including phenoxy) is 1. The highest BCUT2D eigenvalue weighted by Crippen LogP contribution is 2.41. The Balaban J connectivity index is 3.31. The maximum absolute atomic E-state index is 13.0. The van der Waals surface area contributed by atoms with E-state index in [0.29, 0.717) is 17.8 Å². The summed E-state index contributed by atoms with van der Waals surface area (Å²) in [6.45, 7) is 3.93. The molecule has 0 radical (unpaired) electrons. The second-order valence-electron chi connectivity index (χ2n) is 4.22. The first-order chi connectivity index (χ1) is 8.84. The van der Waals surface area contributed by atoms with Crippen LogP contribution in [0.15, 0.2) is 0 Å². The first-order valence-corrected chi connectivity index (χ1v) is 6.93. The highest BCUT2D eigenvalue weighted by Gasteiger charge is 2.41. The van der Waals surface area contributed by atoms with E-state index >= 15 is 0 Å². The first-order valence-electron chi connectivity index (χ1n) is 6.11. The van der Waals surface area contributed by atoms with E-state index in [0.717, 1.165) is 11.3 Å². The Bertz CT molecular complexity index is 405. The maximum Gasteiger partial charge on any atom is 0.434 e. The zero-order valence-electron chi connectivity index (χ0n) is 11.5. The van der Waals surface area contributed by atoms with Crippen LogP contribution in [0.2, 0.25) is 0 Å². The van der Waals surface area contributed by atoms with E-state index in [-0.39, 0.29) is 11.4 Å². The fraction of sp³-hybridized carbons (Fsp3) is 0.750. The number of nitrogens with zero attached hydrogens (tertiary/aromatic N) is 1. The molecule has 0 unspecified atom stereocenters. The van der Waals surface area contributed by atoms with Crippen LogP contribution in [0.3, 0.4) is 0 Å². The van der Waals surface area contributed by atoms with Gasteiger partial charge in [-0.15, -0.1) is 11.3 Å². The zero-order chi connectivity index (χ0) is 14.7. The number of hydrogen-bond donors (Lipinski definition) is 1. The fourth-order valence-electron chi connectivity index (χ4n) is 1.98. The molecule has 0 aliphatic carbocycles. The van der Waals surface area contributed by atoms with Crippen LogP contribution in [0, 0.1) is 0 Å². The lowest BCUT2D eigenvalue weighted by Crippen LogP contribution is -2.26. The second-order valence-corrected chi connectivity index (χ2v) is 5.31. The fourth-order valence-corrected chi connectivity index (χ4v) is 3.38. The minimum Gasteiger partial charge on any atom is -0.371 e. The lowest BCUT2D eigenvalue weighted by atomic mass is 9.98. The molecule has 0 bridgehead atoms. The molecule has 0 atom stereocenters. The van der Waals surface area contributed by atoms with Gasteiger partial charge in [-0.2, -0.15) is 13.2 Å². The van der Waals surface area contributed by atoms with Crippen LogP contribution in [0.5, 0.6) is 0 Å². The number of rotatable bonds is 6. The highest BCUT2D eigenvalue weighted by atomic mass is 32.1. The third-order valence-electron chi connectivity index (χ3n) is 3.23.